The first kappa shape index (κ1) is 14.8. The van der Waals surface area contributed by atoms with Gasteiger partial charge in [-0.05, 0) is 31.2 Å². The number of benzene rings is 1. The summed E-state index contributed by atoms with van der Waals surface area (Å²) in [7, 11) is 1.41. The van der Waals surface area contributed by atoms with Gasteiger partial charge in [-0.15, -0.1) is 0 Å². The van der Waals surface area contributed by atoms with E-state index in [-0.39, 0.29) is 17.4 Å². The second-order valence-corrected chi connectivity index (χ2v) is 4.24. The van der Waals surface area contributed by atoms with Crippen molar-refractivity contribution in [1.82, 2.24) is 4.98 Å². The average molecular weight is 289 g/mol. The lowest BCUT2D eigenvalue weighted by molar-refractivity contribution is 0.102. The molecule has 2 rings (SSSR count). The molecule has 5 nitrogen and oxygen atoms in total. The SMILES string of the molecule is CCNc1cccc(C(=O)Nc2ccc(F)cc2OC)n1. The largest absolute Gasteiger partial charge is 0.494 e. The van der Waals surface area contributed by atoms with Gasteiger partial charge in [0.25, 0.3) is 5.91 Å². The van der Waals surface area contributed by atoms with E-state index in [0.717, 1.165) is 0 Å². The minimum Gasteiger partial charge on any atom is -0.494 e. The van der Waals surface area contributed by atoms with Crippen molar-refractivity contribution in [2.75, 3.05) is 24.3 Å². The van der Waals surface area contributed by atoms with Crippen molar-refractivity contribution >= 4 is 17.4 Å². The Labute approximate surface area is 122 Å². The molecule has 0 aliphatic carbocycles. The molecule has 0 fully saturated rings. The molecule has 6 heteroatoms. The van der Waals surface area contributed by atoms with Gasteiger partial charge >= 0.3 is 0 Å². The van der Waals surface area contributed by atoms with Gasteiger partial charge in [0.15, 0.2) is 0 Å². The summed E-state index contributed by atoms with van der Waals surface area (Å²) < 4.78 is 18.2. The maximum absolute atomic E-state index is 13.1. The maximum Gasteiger partial charge on any atom is 0.274 e. The molecule has 0 atom stereocenters. The number of hydrogen-bond acceptors (Lipinski definition) is 4. The van der Waals surface area contributed by atoms with Gasteiger partial charge in [0, 0.05) is 12.6 Å². The fourth-order valence-corrected chi connectivity index (χ4v) is 1.80. The molecule has 2 N–H and O–H groups in total. The van der Waals surface area contributed by atoms with Crippen molar-refractivity contribution in [3.05, 3.63) is 47.9 Å². The number of halogens is 1. The monoisotopic (exact) mass is 289 g/mol. The highest BCUT2D eigenvalue weighted by atomic mass is 19.1. The molecule has 0 saturated heterocycles. The lowest BCUT2D eigenvalue weighted by Crippen LogP contribution is -2.15. The topological polar surface area (TPSA) is 63.2 Å². The summed E-state index contributed by atoms with van der Waals surface area (Å²) in [6.07, 6.45) is 0. The van der Waals surface area contributed by atoms with E-state index in [1.807, 2.05) is 6.92 Å². The fourth-order valence-electron chi connectivity index (χ4n) is 1.80. The number of carbonyl (C=O) groups is 1. The lowest BCUT2D eigenvalue weighted by Gasteiger charge is -2.10. The highest BCUT2D eigenvalue weighted by Gasteiger charge is 2.12. The number of carbonyl (C=O) groups excluding carboxylic acids is 1. The van der Waals surface area contributed by atoms with Crippen LogP contribution in [0, 0.1) is 5.82 Å². The van der Waals surface area contributed by atoms with Crippen molar-refractivity contribution in [1.29, 1.82) is 0 Å². The van der Waals surface area contributed by atoms with Crippen LogP contribution in [0.5, 0.6) is 5.75 Å². The van der Waals surface area contributed by atoms with Crippen LogP contribution in [0.3, 0.4) is 0 Å². The zero-order chi connectivity index (χ0) is 15.2. The van der Waals surface area contributed by atoms with Crippen LogP contribution in [0.25, 0.3) is 0 Å². The van der Waals surface area contributed by atoms with E-state index in [4.69, 9.17) is 4.74 Å². The number of methoxy groups -OCH3 is 1. The van der Waals surface area contributed by atoms with Crippen molar-refractivity contribution in [3.63, 3.8) is 0 Å². The van der Waals surface area contributed by atoms with Crippen molar-refractivity contribution in [2.45, 2.75) is 6.92 Å². The summed E-state index contributed by atoms with van der Waals surface area (Å²) in [5.74, 6) is 0.0548. The Morgan fingerprint density at radius 1 is 1.33 bits per heavy atom. The number of nitrogens with zero attached hydrogens (tertiary/aromatic N) is 1. The van der Waals surface area contributed by atoms with E-state index < -0.39 is 5.82 Å². The smallest absolute Gasteiger partial charge is 0.274 e. The quantitative estimate of drug-likeness (QED) is 0.888. The number of nitrogens with one attached hydrogen (secondary N) is 2. The molecular formula is C15H16FN3O2. The van der Waals surface area contributed by atoms with Gasteiger partial charge in [-0.1, -0.05) is 6.07 Å². The van der Waals surface area contributed by atoms with E-state index in [1.165, 1.54) is 25.3 Å². The molecule has 21 heavy (non-hydrogen) atoms. The summed E-state index contributed by atoms with van der Waals surface area (Å²) in [5.41, 5.74) is 0.652. The number of ether oxygens (including phenoxy) is 1. The molecule has 0 aliphatic heterocycles. The Bertz CT molecular complexity index is 647. The maximum atomic E-state index is 13.1. The van der Waals surface area contributed by atoms with Crippen LogP contribution in [0.2, 0.25) is 0 Å². The zero-order valence-electron chi connectivity index (χ0n) is 11.8. The van der Waals surface area contributed by atoms with Crippen molar-refractivity contribution in [2.24, 2.45) is 0 Å². The molecular weight excluding hydrogens is 273 g/mol. The summed E-state index contributed by atoms with van der Waals surface area (Å²) in [4.78, 5) is 16.4. The summed E-state index contributed by atoms with van der Waals surface area (Å²) in [6, 6.07) is 9.02. The van der Waals surface area contributed by atoms with Gasteiger partial charge in [0.2, 0.25) is 0 Å². The minimum atomic E-state index is -0.433. The van der Waals surface area contributed by atoms with Crippen molar-refractivity contribution in [3.8, 4) is 5.75 Å². The Balaban J connectivity index is 2.20. The van der Waals surface area contributed by atoms with Gasteiger partial charge in [0.05, 0.1) is 12.8 Å². The Hall–Kier alpha value is -2.63. The molecule has 0 saturated carbocycles. The van der Waals surface area contributed by atoms with E-state index in [0.29, 0.717) is 18.1 Å². The Morgan fingerprint density at radius 2 is 2.14 bits per heavy atom. The highest BCUT2D eigenvalue weighted by Crippen LogP contribution is 2.25. The van der Waals surface area contributed by atoms with Crippen LogP contribution in [0.1, 0.15) is 17.4 Å². The minimum absolute atomic E-state index is 0.256. The summed E-state index contributed by atoms with van der Waals surface area (Å²) >= 11 is 0. The first-order valence-corrected chi connectivity index (χ1v) is 6.50. The number of pyridine rings is 1. The molecule has 0 radical (unpaired) electrons. The van der Waals surface area contributed by atoms with Crippen LogP contribution in [0.15, 0.2) is 36.4 Å². The van der Waals surface area contributed by atoms with Crippen LogP contribution in [-0.4, -0.2) is 24.5 Å². The molecule has 0 bridgehead atoms. The van der Waals surface area contributed by atoms with Gasteiger partial charge in [0.1, 0.15) is 23.1 Å². The van der Waals surface area contributed by atoms with Gasteiger partial charge in [-0.3, -0.25) is 4.79 Å². The molecule has 0 unspecified atom stereocenters. The van der Waals surface area contributed by atoms with Gasteiger partial charge in [-0.2, -0.15) is 0 Å². The summed E-state index contributed by atoms with van der Waals surface area (Å²) in [6.45, 7) is 2.65. The van der Waals surface area contributed by atoms with E-state index in [2.05, 4.69) is 15.6 Å². The molecule has 1 heterocycles. The van der Waals surface area contributed by atoms with Crippen LogP contribution in [0.4, 0.5) is 15.9 Å². The van der Waals surface area contributed by atoms with E-state index >= 15 is 0 Å². The molecule has 0 aliphatic rings. The number of anilines is 2. The number of amides is 1. The fraction of sp³-hybridized carbons (Fsp3) is 0.200. The molecule has 2 aromatic rings. The first-order valence-electron chi connectivity index (χ1n) is 6.50. The van der Waals surface area contributed by atoms with Crippen molar-refractivity contribution < 1.29 is 13.9 Å². The van der Waals surface area contributed by atoms with Gasteiger partial charge in [-0.25, -0.2) is 9.37 Å². The number of hydrogen-bond donors (Lipinski definition) is 2. The third-order valence-electron chi connectivity index (χ3n) is 2.75. The first-order chi connectivity index (χ1) is 10.1. The number of aromatic nitrogens is 1. The Morgan fingerprint density at radius 3 is 2.86 bits per heavy atom. The third kappa shape index (κ3) is 3.68. The molecule has 1 amide bonds. The predicted octanol–water partition coefficient (Wildman–Crippen LogP) is 2.91. The predicted molar refractivity (Wildman–Crippen MR) is 79.3 cm³/mol. The second-order valence-electron chi connectivity index (χ2n) is 4.24. The standard InChI is InChI=1S/C15H16FN3O2/c1-3-17-14-6-4-5-12(18-14)15(20)19-11-8-7-10(16)9-13(11)21-2/h4-9H,3H2,1-2H3,(H,17,18)(H,19,20). The molecule has 1 aromatic carbocycles. The average Bonchev–Trinajstić information content (AvgIpc) is 2.49. The number of rotatable bonds is 5. The van der Waals surface area contributed by atoms with E-state index in [1.54, 1.807) is 18.2 Å². The van der Waals surface area contributed by atoms with Crippen LogP contribution >= 0.6 is 0 Å². The lowest BCUT2D eigenvalue weighted by atomic mass is 10.2. The second kappa shape index (κ2) is 6.69. The molecule has 0 spiro atoms. The van der Waals surface area contributed by atoms with Crippen LogP contribution < -0.4 is 15.4 Å². The summed E-state index contributed by atoms with van der Waals surface area (Å²) in [5, 5.41) is 5.68. The molecule has 110 valence electrons. The third-order valence-corrected chi connectivity index (χ3v) is 2.75. The van der Waals surface area contributed by atoms with Crippen LogP contribution in [-0.2, 0) is 0 Å². The normalized spacial score (nSPS) is 10.0. The Kier molecular flexibility index (Phi) is 4.71. The van der Waals surface area contributed by atoms with Gasteiger partial charge < -0.3 is 15.4 Å². The highest BCUT2D eigenvalue weighted by molar-refractivity contribution is 6.03. The zero-order valence-corrected chi connectivity index (χ0v) is 11.8. The van der Waals surface area contributed by atoms with E-state index in [9.17, 15) is 9.18 Å². The molecule has 1 aromatic heterocycles.